The van der Waals surface area contributed by atoms with Crippen LogP contribution in [0, 0.1) is 6.92 Å². The molecule has 3 nitrogen and oxygen atoms in total. The molecular formula is C17H13BrO3. The van der Waals surface area contributed by atoms with Crippen LogP contribution in [-0.4, -0.2) is 12.4 Å². The first-order chi connectivity index (χ1) is 10.1. The largest absolute Gasteiger partial charge is 0.485 e. The summed E-state index contributed by atoms with van der Waals surface area (Å²) in [5.74, 6) is 0.581. The van der Waals surface area contributed by atoms with Crippen molar-refractivity contribution in [2.24, 2.45) is 0 Å². The number of hydrogen-bond acceptors (Lipinski definition) is 3. The minimum Gasteiger partial charge on any atom is -0.485 e. The van der Waals surface area contributed by atoms with Crippen LogP contribution in [0.25, 0.3) is 11.0 Å². The number of carbonyl (C=O) groups is 1. The maximum atomic E-state index is 12.3. The molecule has 0 amide bonds. The smallest absolute Gasteiger partial charge is 0.204 e. The molecule has 0 spiro atoms. The zero-order valence-corrected chi connectivity index (χ0v) is 13.0. The predicted molar refractivity (Wildman–Crippen MR) is 84.9 cm³/mol. The van der Waals surface area contributed by atoms with Crippen LogP contribution in [0.1, 0.15) is 15.9 Å². The molecule has 0 aliphatic rings. The quantitative estimate of drug-likeness (QED) is 0.640. The van der Waals surface area contributed by atoms with Gasteiger partial charge in [0, 0.05) is 9.86 Å². The Kier molecular flexibility index (Phi) is 3.80. The topological polar surface area (TPSA) is 39.4 Å². The first kappa shape index (κ1) is 13.9. The van der Waals surface area contributed by atoms with E-state index >= 15 is 0 Å². The Morgan fingerprint density at radius 3 is 2.86 bits per heavy atom. The molecule has 0 atom stereocenters. The van der Waals surface area contributed by atoms with Crippen molar-refractivity contribution in [2.45, 2.75) is 6.92 Å². The lowest BCUT2D eigenvalue weighted by molar-refractivity contribution is 0.0922. The van der Waals surface area contributed by atoms with Crippen LogP contribution in [0.5, 0.6) is 5.75 Å². The van der Waals surface area contributed by atoms with Crippen molar-refractivity contribution in [1.82, 2.24) is 0 Å². The molecule has 1 aromatic heterocycles. The number of aryl methyl sites for hydroxylation is 1. The molecule has 0 aliphatic heterocycles. The van der Waals surface area contributed by atoms with Crippen molar-refractivity contribution < 1.29 is 13.9 Å². The van der Waals surface area contributed by atoms with Crippen LogP contribution in [0.15, 0.2) is 57.6 Å². The Bertz CT molecular complexity index is 805. The van der Waals surface area contributed by atoms with Crippen molar-refractivity contribution in [3.05, 3.63) is 64.3 Å². The van der Waals surface area contributed by atoms with Gasteiger partial charge in [0.15, 0.2) is 6.61 Å². The molecule has 0 fully saturated rings. The second kappa shape index (κ2) is 5.74. The Balaban J connectivity index is 1.76. The van der Waals surface area contributed by atoms with E-state index in [2.05, 4.69) is 15.9 Å². The molecule has 0 N–H and O–H groups in total. The minimum atomic E-state index is -0.0967. The summed E-state index contributed by atoms with van der Waals surface area (Å²) < 4.78 is 12.0. The molecule has 0 saturated heterocycles. The van der Waals surface area contributed by atoms with Crippen LogP contribution in [-0.2, 0) is 0 Å². The van der Waals surface area contributed by atoms with E-state index in [-0.39, 0.29) is 12.4 Å². The molecule has 4 heteroatoms. The van der Waals surface area contributed by atoms with E-state index in [4.69, 9.17) is 9.15 Å². The molecule has 0 aliphatic carbocycles. The highest BCUT2D eigenvalue weighted by Gasteiger charge is 2.14. The van der Waals surface area contributed by atoms with Crippen molar-refractivity contribution >= 4 is 32.7 Å². The lowest BCUT2D eigenvalue weighted by Crippen LogP contribution is -2.11. The molecule has 0 bridgehead atoms. The monoisotopic (exact) mass is 344 g/mol. The lowest BCUT2D eigenvalue weighted by atomic mass is 10.1. The molecule has 1 heterocycles. The SMILES string of the molecule is Cc1cc(OCC(=O)c2coc3ccccc23)ccc1Br. The zero-order chi connectivity index (χ0) is 14.8. The average Bonchev–Trinajstić information content (AvgIpc) is 2.92. The highest BCUT2D eigenvalue weighted by Crippen LogP contribution is 2.23. The van der Waals surface area contributed by atoms with E-state index in [1.807, 2.05) is 49.4 Å². The van der Waals surface area contributed by atoms with Crippen molar-refractivity contribution in [1.29, 1.82) is 0 Å². The third-order valence-electron chi connectivity index (χ3n) is 3.28. The summed E-state index contributed by atoms with van der Waals surface area (Å²) in [7, 11) is 0. The Labute approximate surface area is 130 Å². The molecule has 106 valence electrons. The highest BCUT2D eigenvalue weighted by atomic mass is 79.9. The van der Waals surface area contributed by atoms with Gasteiger partial charge in [-0.2, -0.15) is 0 Å². The Hall–Kier alpha value is -2.07. The fourth-order valence-corrected chi connectivity index (χ4v) is 2.37. The minimum absolute atomic E-state index is 0.00933. The summed E-state index contributed by atoms with van der Waals surface area (Å²) in [6.07, 6.45) is 1.49. The molecule has 0 unspecified atom stereocenters. The van der Waals surface area contributed by atoms with E-state index < -0.39 is 0 Å². The summed E-state index contributed by atoms with van der Waals surface area (Å²) in [5.41, 5.74) is 2.33. The molecule has 3 aromatic rings. The van der Waals surface area contributed by atoms with Gasteiger partial charge in [-0.3, -0.25) is 4.79 Å². The maximum Gasteiger partial charge on any atom is 0.204 e. The Morgan fingerprint density at radius 1 is 1.24 bits per heavy atom. The summed E-state index contributed by atoms with van der Waals surface area (Å²) in [5, 5.41) is 0.818. The summed E-state index contributed by atoms with van der Waals surface area (Å²) in [6.45, 7) is 1.97. The van der Waals surface area contributed by atoms with E-state index in [9.17, 15) is 4.79 Å². The maximum absolute atomic E-state index is 12.3. The van der Waals surface area contributed by atoms with Gasteiger partial charge in [0.1, 0.15) is 17.6 Å². The molecular weight excluding hydrogens is 332 g/mol. The van der Waals surface area contributed by atoms with Crippen molar-refractivity contribution in [3.8, 4) is 5.75 Å². The normalized spacial score (nSPS) is 10.8. The molecule has 0 saturated carbocycles. The van der Waals surface area contributed by atoms with E-state index in [0.29, 0.717) is 16.9 Å². The average molecular weight is 345 g/mol. The number of carbonyl (C=O) groups excluding carboxylic acids is 1. The summed E-state index contributed by atoms with van der Waals surface area (Å²) in [6, 6.07) is 13.1. The zero-order valence-electron chi connectivity index (χ0n) is 11.4. The second-order valence-electron chi connectivity index (χ2n) is 4.77. The second-order valence-corrected chi connectivity index (χ2v) is 5.62. The van der Waals surface area contributed by atoms with Crippen LogP contribution in [0.4, 0.5) is 0 Å². The van der Waals surface area contributed by atoms with Gasteiger partial charge in [-0.25, -0.2) is 0 Å². The van der Waals surface area contributed by atoms with Crippen molar-refractivity contribution in [2.75, 3.05) is 6.61 Å². The number of ketones is 1. The number of benzene rings is 2. The van der Waals surface area contributed by atoms with Gasteiger partial charge < -0.3 is 9.15 Å². The third-order valence-corrected chi connectivity index (χ3v) is 4.17. The van der Waals surface area contributed by atoms with Gasteiger partial charge in [0.05, 0.1) is 5.56 Å². The Morgan fingerprint density at radius 2 is 2.05 bits per heavy atom. The molecule has 0 radical (unpaired) electrons. The summed E-state index contributed by atoms with van der Waals surface area (Å²) in [4.78, 5) is 12.3. The van der Waals surface area contributed by atoms with E-state index in [1.165, 1.54) is 6.26 Å². The number of hydrogen-bond donors (Lipinski definition) is 0. The van der Waals surface area contributed by atoms with Gasteiger partial charge in [-0.1, -0.05) is 34.1 Å². The van der Waals surface area contributed by atoms with Gasteiger partial charge in [0.2, 0.25) is 5.78 Å². The summed E-state index contributed by atoms with van der Waals surface area (Å²) >= 11 is 3.43. The molecule has 2 aromatic carbocycles. The highest BCUT2D eigenvalue weighted by molar-refractivity contribution is 9.10. The number of halogens is 1. The fraction of sp³-hybridized carbons (Fsp3) is 0.118. The number of Topliss-reactive ketones (excluding diaryl/α,β-unsaturated/α-hetero) is 1. The number of ether oxygens (including phenoxy) is 1. The van der Waals surface area contributed by atoms with Crippen LogP contribution in [0.2, 0.25) is 0 Å². The van der Waals surface area contributed by atoms with Crippen molar-refractivity contribution in [3.63, 3.8) is 0 Å². The first-order valence-corrected chi connectivity index (χ1v) is 7.33. The molecule has 3 rings (SSSR count). The van der Waals surface area contributed by atoms with Gasteiger partial charge >= 0.3 is 0 Å². The standard InChI is InChI=1S/C17H13BrO3/c1-11-8-12(6-7-15(11)18)20-10-16(19)14-9-21-17-5-3-2-4-13(14)17/h2-9H,10H2,1H3. The number of fused-ring (bicyclic) bond motifs is 1. The number of para-hydroxylation sites is 1. The number of rotatable bonds is 4. The van der Waals surface area contributed by atoms with Crippen LogP contribution < -0.4 is 4.74 Å². The van der Waals surface area contributed by atoms with Gasteiger partial charge in [-0.15, -0.1) is 0 Å². The fourth-order valence-electron chi connectivity index (χ4n) is 2.13. The van der Waals surface area contributed by atoms with E-state index in [0.717, 1.165) is 15.4 Å². The van der Waals surface area contributed by atoms with E-state index in [1.54, 1.807) is 0 Å². The number of furan rings is 1. The third kappa shape index (κ3) is 2.85. The molecule has 21 heavy (non-hydrogen) atoms. The predicted octanol–water partition coefficient (Wildman–Crippen LogP) is 4.77. The lowest BCUT2D eigenvalue weighted by Gasteiger charge is -2.06. The van der Waals surface area contributed by atoms with Crippen LogP contribution >= 0.6 is 15.9 Å². The first-order valence-electron chi connectivity index (χ1n) is 6.53. The van der Waals surface area contributed by atoms with Crippen LogP contribution in [0.3, 0.4) is 0 Å². The van der Waals surface area contributed by atoms with Gasteiger partial charge in [0.25, 0.3) is 0 Å². The van der Waals surface area contributed by atoms with Gasteiger partial charge in [-0.05, 0) is 36.8 Å².